The molecule has 0 radical (unpaired) electrons. The number of hydrogen-bond acceptors (Lipinski definition) is 9. The van der Waals surface area contributed by atoms with Crippen LogP contribution in [0.5, 0.6) is 0 Å². The van der Waals surface area contributed by atoms with E-state index in [2.05, 4.69) is 25.0 Å². The van der Waals surface area contributed by atoms with Crippen molar-refractivity contribution in [2.75, 3.05) is 42.7 Å². The molecule has 1 aliphatic rings. The van der Waals surface area contributed by atoms with Gasteiger partial charge in [0.1, 0.15) is 10.8 Å². The number of anilines is 4. The molecule has 0 spiro atoms. The first-order valence-corrected chi connectivity index (χ1v) is 11.8. The van der Waals surface area contributed by atoms with E-state index in [1.54, 1.807) is 0 Å². The zero-order valence-corrected chi connectivity index (χ0v) is 20.2. The number of nitrogens with zero attached hydrogens (tertiary/aromatic N) is 5. The normalized spacial score (nSPS) is 15.6. The number of primary amides is 1. The number of rotatable bonds is 7. The maximum absolute atomic E-state index is 13.0. The first-order valence-electron chi connectivity index (χ1n) is 11.0. The SMILES string of the molecule is Cc1cc(Nc2nc(N[C@@H]3CCCN(C(=O)c4ccc(N(C)C)cc4)C3)cnc2C(N)=O)sn1. The van der Waals surface area contributed by atoms with Crippen molar-refractivity contribution in [3.05, 3.63) is 53.5 Å². The predicted octanol–water partition coefficient (Wildman–Crippen LogP) is 2.87. The van der Waals surface area contributed by atoms with Crippen LogP contribution in [0.4, 0.5) is 22.3 Å². The van der Waals surface area contributed by atoms with Gasteiger partial charge in [0.25, 0.3) is 11.8 Å². The highest BCUT2D eigenvalue weighted by atomic mass is 32.1. The molecule has 0 saturated carbocycles. The number of amides is 2. The maximum atomic E-state index is 13.0. The third kappa shape index (κ3) is 5.42. The van der Waals surface area contributed by atoms with Gasteiger partial charge in [-0.2, -0.15) is 4.37 Å². The lowest BCUT2D eigenvalue weighted by Crippen LogP contribution is -2.45. The summed E-state index contributed by atoms with van der Waals surface area (Å²) in [6, 6.07) is 9.48. The van der Waals surface area contributed by atoms with E-state index in [0.717, 1.165) is 29.2 Å². The number of nitrogens with one attached hydrogen (secondary N) is 2. The minimum absolute atomic E-state index is 0.00553. The van der Waals surface area contributed by atoms with Crippen LogP contribution in [0.15, 0.2) is 36.5 Å². The molecule has 0 bridgehead atoms. The Morgan fingerprint density at radius 1 is 1.24 bits per heavy atom. The number of benzene rings is 1. The molecule has 0 unspecified atom stereocenters. The molecule has 3 aromatic rings. The average Bonchev–Trinajstić information content (AvgIpc) is 3.23. The van der Waals surface area contributed by atoms with Crippen LogP contribution in [0, 0.1) is 6.92 Å². The summed E-state index contributed by atoms with van der Waals surface area (Å²) in [7, 11) is 3.94. The highest BCUT2D eigenvalue weighted by molar-refractivity contribution is 7.10. The van der Waals surface area contributed by atoms with Crippen LogP contribution < -0.4 is 21.3 Å². The number of carbonyl (C=O) groups is 2. The van der Waals surface area contributed by atoms with E-state index >= 15 is 0 Å². The van der Waals surface area contributed by atoms with Crippen molar-refractivity contribution in [1.29, 1.82) is 0 Å². The topological polar surface area (TPSA) is 129 Å². The average molecular weight is 481 g/mol. The zero-order valence-electron chi connectivity index (χ0n) is 19.4. The number of carbonyl (C=O) groups excluding carboxylic acids is 2. The van der Waals surface area contributed by atoms with Crippen LogP contribution in [-0.4, -0.2) is 64.3 Å². The van der Waals surface area contributed by atoms with E-state index in [9.17, 15) is 9.59 Å². The van der Waals surface area contributed by atoms with Gasteiger partial charge in [0.05, 0.1) is 11.9 Å². The van der Waals surface area contributed by atoms with Crippen molar-refractivity contribution in [1.82, 2.24) is 19.2 Å². The molecule has 2 aromatic heterocycles. The van der Waals surface area contributed by atoms with Gasteiger partial charge in [-0.25, -0.2) is 9.97 Å². The summed E-state index contributed by atoms with van der Waals surface area (Å²) in [5.74, 6) is 0.113. The number of aromatic nitrogens is 3. The van der Waals surface area contributed by atoms with Crippen LogP contribution in [-0.2, 0) is 0 Å². The van der Waals surface area contributed by atoms with Gasteiger partial charge in [-0.05, 0) is 61.6 Å². The molecule has 3 heterocycles. The number of nitrogens with two attached hydrogens (primary N) is 1. The first kappa shape index (κ1) is 23.4. The summed E-state index contributed by atoms with van der Waals surface area (Å²) in [5.41, 5.74) is 8.11. The fourth-order valence-corrected chi connectivity index (χ4v) is 4.50. The van der Waals surface area contributed by atoms with E-state index in [1.807, 2.05) is 61.2 Å². The van der Waals surface area contributed by atoms with E-state index in [4.69, 9.17) is 5.73 Å². The van der Waals surface area contributed by atoms with Gasteiger partial charge in [-0.3, -0.25) is 9.59 Å². The highest BCUT2D eigenvalue weighted by Crippen LogP contribution is 2.24. The number of hydrogen-bond donors (Lipinski definition) is 3. The van der Waals surface area contributed by atoms with Gasteiger partial charge in [0.15, 0.2) is 11.5 Å². The van der Waals surface area contributed by atoms with E-state index in [-0.39, 0.29) is 23.5 Å². The van der Waals surface area contributed by atoms with Crippen molar-refractivity contribution < 1.29 is 9.59 Å². The van der Waals surface area contributed by atoms with Crippen molar-refractivity contribution in [3.63, 3.8) is 0 Å². The molecule has 34 heavy (non-hydrogen) atoms. The predicted molar refractivity (Wildman–Crippen MR) is 134 cm³/mol. The summed E-state index contributed by atoms with van der Waals surface area (Å²) >= 11 is 1.26. The van der Waals surface area contributed by atoms with E-state index < -0.39 is 5.91 Å². The molecular formula is C23H28N8O2S. The third-order valence-electron chi connectivity index (χ3n) is 5.57. The second kappa shape index (κ2) is 10.0. The molecule has 178 valence electrons. The highest BCUT2D eigenvalue weighted by Gasteiger charge is 2.25. The Hall–Kier alpha value is -3.73. The van der Waals surface area contributed by atoms with Gasteiger partial charge >= 0.3 is 0 Å². The first-order chi connectivity index (χ1) is 16.3. The largest absolute Gasteiger partial charge is 0.378 e. The van der Waals surface area contributed by atoms with Gasteiger partial charge in [-0.15, -0.1) is 0 Å². The van der Waals surface area contributed by atoms with Gasteiger partial charge in [-0.1, -0.05) is 0 Å². The Balaban J connectivity index is 1.46. The summed E-state index contributed by atoms with van der Waals surface area (Å²) < 4.78 is 4.23. The summed E-state index contributed by atoms with van der Waals surface area (Å²) in [4.78, 5) is 37.5. The molecule has 2 amide bonds. The van der Waals surface area contributed by atoms with E-state index in [0.29, 0.717) is 24.5 Å². The van der Waals surface area contributed by atoms with Crippen molar-refractivity contribution in [2.45, 2.75) is 25.8 Å². The molecule has 10 nitrogen and oxygen atoms in total. The Morgan fingerprint density at radius 2 is 2.00 bits per heavy atom. The molecule has 1 saturated heterocycles. The Labute approximate surface area is 202 Å². The van der Waals surface area contributed by atoms with Gasteiger partial charge in [0, 0.05) is 44.5 Å². The Morgan fingerprint density at radius 3 is 2.65 bits per heavy atom. The molecule has 1 aliphatic heterocycles. The quantitative estimate of drug-likeness (QED) is 0.471. The standard InChI is InChI=1S/C23H28N8O2S/c1-14-11-19(34-29-14)28-22-20(21(24)32)25-12-18(27-22)26-16-5-4-10-31(13-16)23(33)15-6-8-17(9-7-15)30(2)3/h6-9,11-12,16H,4-5,10,13H2,1-3H3,(H2,24,32)(H2,26,27,28)/t16-/m1/s1. The summed E-state index contributed by atoms with van der Waals surface area (Å²) in [6.07, 6.45) is 3.25. The van der Waals surface area contributed by atoms with Gasteiger partial charge < -0.3 is 26.2 Å². The minimum atomic E-state index is -0.669. The molecule has 1 atom stereocenters. The minimum Gasteiger partial charge on any atom is -0.378 e. The molecule has 11 heteroatoms. The maximum Gasteiger partial charge on any atom is 0.271 e. The second-order valence-electron chi connectivity index (χ2n) is 8.45. The number of aryl methyl sites for hydroxylation is 1. The van der Waals surface area contributed by atoms with Crippen molar-refractivity contribution >= 4 is 45.7 Å². The molecule has 1 aromatic carbocycles. The van der Waals surface area contributed by atoms with Crippen molar-refractivity contribution in [3.8, 4) is 0 Å². The van der Waals surface area contributed by atoms with Crippen LogP contribution in [0.25, 0.3) is 0 Å². The van der Waals surface area contributed by atoms with Crippen LogP contribution in [0.2, 0.25) is 0 Å². The summed E-state index contributed by atoms with van der Waals surface area (Å²) in [5, 5.41) is 7.18. The molecule has 0 aliphatic carbocycles. The monoisotopic (exact) mass is 480 g/mol. The van der Waals surface area contributed by atoms with E-state index in [1.165, 1.54) is 17.7 Å². The fourth-order valence-electron chi connectivity index (χ4n) is 3.84. The second-order valence-corrected chi connectivity index (χ2v) is 9.26. The van der Waals surface area contributed by atoms with Crippen LogP contribution in [0.1, 0.15) is 39.4 Å². The number of likely N-dealkylation sites (tertiary alicyclic amines) is 1. The number of piperidine rings is 1. The lowest BCUT2D eigenvalue weighted by atomic mass is 10.0. The molecular weight excluding hydrogens is 452 g/mol. The Bertz CT molecular complexity index is 1180. The lowest BCUT2D eigenvalue weighted by molar-refractivity contribution is 0.0714. The lowest BCUT2D eigenvalue weighted by Gasteiger charge is -2.33. The smallest absolute Gasteiger partial charge is 0.271 e. The molecule has 4 N–H and O–H groups in total. The molecule has 1 fully saturated rings. The third-order valence-corrected chi connectivity index (χ3v) is 6.36. The summed E-state index contributed by atoms with van der Waals surface area (Å²) in [6.45, 7) is 3.13. The fraction of sp³-hybridized carbons (Fsp3) is 0.348. The van der Waals surface area contributed by atoms with Crippen LogP contribution in [0.3, 0.4) is 0 Å². The zero-order chi connectivity index (χ0) is 24.2. The van der Waals surface area contributed by atoms with Crippen LogP contribution >= 0.6 is 11.5 Å². The molecule has 4 rings (SSSR count). The van der Waals surface area contributed by atoms with Crippen molar-refractivity contribution in [2.24, 2.45) is 5.73 Å². The van der Waals surface area contributed by atoms with Gasteiger partial charge in [0.2, 0.25) is 0 Å². The Kier molecular flexibility index (Phi) is 6.92.